The Hall–Kier alpha value is -2.34. The van der Waals surface area contributed by atoms with E-state index in [4.69, 9.17) is 0 Å². The average Bonchev–Trinajstić information content (AvgIpc) is 3.24. The normalized spacial score (nSPS) is 14.7. The van der Waals surface area contributed by atoms with Crippen molar-refractivity contribution in [3.05, 3.63) is 53.3 Å². The zero-order valence-electron chi connectivity index (χ0n) is 15.1. The van der Waals surface area contributed by atoms with Gasteiger partial charge in [-0.2, -0.15) is 0 Å². The number of carbonyl (C=O) groups excluding carboxylic acids is 1. The van der Waals surface area contributed by atoms with Gasteiger partial charge in [0.15, 0.2) is 4.96 Å². The van der Waals surface area contributed by atoms with E-state index in [1.807, 2.05) is 29.2 Å². The average molecular weight is 369 g/mol. The van der Waals surface area contributed by atoms with Crippen LogP contribution in [0.15, 0.2) is 42.0 Å². The first-order valence-corrected chi connectivity index (χ1v) is 10.1. The number of hydrogen-bond acceptors (Lipinski definition) is 4. The summed E-state index contributed by atoms with van der Waals surface area (Å²) in [6.07, 6.45) is 8.15. The van der Waals surface area contributed by atoms with E-state index in [0.717, 1.165) is 29.3 Å². The number of fused-ring (bicyclic) bond motifs is 1. The number of imidazole rings is 1. The topological polar surface area (TPSA) is 40.9 Å². The van der Waals surface area contributed by atoms with Crippen LogP contribution in [0.5, 0.6) is 0 Å². The van der Waals surface area contributed by atoms with Crippen molar-refractivity contribution in [1.82, 2.24) is 14.3 Å². The largest absolute Gasteiger partial charge is 0.372 e. The molecule has 1 aliphatic heterocycles. The Morgan fingerprint density at radius 1 is 1.19 bits per heavy atom. The minimum absolute atomic E-state index is 0.0934. The third kappa shape index (κ3) is 3.75. The number of carbonyl (C=O) groups is 1. The van der Waals surface area contributed by atoms with Crippen LogP contribution in [0.4, 0.5) is 5.69 Å². The lowest BCUT2D eigenvalue weighted by molar-refractivity contribution is -0.129. The third-order valence-electron chi connectivity index (χ3n) is 4.98. The number of nitrogens with zero attached hydrogens (tertiary/aromatic N) is 4. The van der Waals surface area contributed by atoms with Gasteiger partial charge in [0.25, 0.3) is 0 Å². The van der Waals surface area contributed by atoms with Crippen LogP contribution in [0.1, 0.15) is 30.5 Å². The van der Waals surface area contributed by atoms with Gasteiger partial charge in [-0.05, 0) is 37.0 Å². The van der Waals surface area contributed by atoms with Crippen LogP contribution in [0.3, 0.4) is 0 Å². The van der Waals surface area contributed by atoms with Crippen molar-refractivity contribution in [1.29, 1.82) is 0 Å². The third-order valence-corrected chi connectivity index (χ3v) is 5.75. The first-order chi connectivity index (χ1) is 12.7. The monoisotopic (exact) mass is 368 g/mol. The van der Waals surface area contributed by atoms with E-state index in [-0.39, 0.29) is 5.91 Å². The zero-order chi connectivity index (χ0) is 17.9. The highest BCUT2D eigenvalue weighted by Crippen LogP contribution is 2.20. The Bertz CT molecular complexity index is 848. The van der Waals surface area contributed by atoms with Crippen LogP contribution in [0, 0.1) is 0 Å². The van der Waals surface area contributed by atoms with Crippen molar-refractivity contribution < 1.29 is 4.79 Å². The number of piperidine rings is 1. The second-order valence-electron chi connectivity index (χ2n) is 6.97. The molecule has 1 amide bonds. The van der Waals surface area contributed by atoms with E-state index in [1.54, 1.807) is 16.2 Å². The van der Waals surface area contributed by atoms with E-state index < -0.39 is 0 Å². The van der Waals surface area contributed by atoms with Crippen LogP contribution in [0.25, 0.3) is 4.96 Å². The minimum atomic E-state index is 0.0934. The number of anilines is 1. The summed E-state index contributed by atoms with van der Waals surface area (Å²) in [6.45, 7) is 2.93. The van der Waals surface area contributed by atoms with E-state index >= 15 is 0 Å². The van der Waals surface area contributed by atoms with Gasteiger partial charge >= 0.3 is 0 Å². The van der Waals surface area contributed by atoms with Crippen molar-refractivity contribution in [2.24, 2.45) is 0 Å². The molecule has 0 aliphatic carbocycles. The molecule has 1 aromatic carbocycles. The molecule has 5 nitrogen and oxygen atoms in total. The Morgan fingerprint density at radius 3 is 2.69 bits per heavy atom. The lowest BCUT2D eigenvalue weighted by Gasteiger charge is -2.29. The number of rotatable bonds is 5. The maximum absolute atomic E-state index is 12.5. The lowest BCUT2D eigenvalue weighted by Crippen LogP contribution is -2.29. The molecule has 2 aromatic heterocycles. The SMILES string of the molecule is CN(Cc1ccc(N2CCCCC2)cc1)C(=O)Cc1cn2ccsc2n1. The summed E-state index contributed by atoms with van der Waals surface area (Å²) in [7, 11) is 1.86. The van der Waals surface area contributed by atoms with Crippen LogP contribution < -0.4 is 4.90 Å². The van der Waals surface area contributed by atoms with Crippen LogP contribution in [0.2, 0.25) is 0 Å². The molecule has 3 heterocycles. The fraction of sp³-hybridized carbons (Fsp3) is 0.400. The van der Waals surface area contributed by atoms with Gasteiger partial charge in [-0.15, -0.1) is 11.3 Å². The van der Waals surface area contributed by atoms with Gasteiger partial charge in [-0.1, -0.05) is 12.1 Å². The number of hydrogen-bond donors (Lipinski definition) is 0. The molecule has 4 rings (SSSR count). The summed E-state index contributed by atoms with van der Waals surface area (Å²) >= 11 is 1.58. The van der Waals surface area contributed by atoms with Gasteiger partial charge in [0.1, 0.15) is 0 Å². The summed E-state index contributed by atoms with van der Waals surface area (Å²) in [5.74, 6) is 0.0934. The Balaban J connectivity index is 1.35. The molecule has 26 heavy (non-hydrogen) atoms. The number of likely N-dealkylation sites (N-methyl/N-ethyl adjacent to an activating group) is 1. The molecule has 0 N–H and O–H groups in total. The highest BCUT2D eigenvalue weighted by molar-refractivity contribution is 7.15. The van der Waals surface area contributed by atoms with Gasteiger partial charge in [0, 0.05) is 50.1 Å². The predicted octanol–water partition coefficient (Wildman–Crippen LogP) is 3.59. The number of amides is 1. The Kier molecular flexibility index (Phi) is 4.93. The molecular weight excluding hydrogens is 344 g/mol. The molecule has 3 aromatic rings. The fourth-order valence-corrected chi connectivity index (χ4v) is 4.20. The molecule has 0 radical (unpaired) electrons. The molecule has 0 bridgehead atoms. The van der Waals surface area contributed by atoms with E-state index in [9.17, 15) is 4.79 Å². The molecule has 1 saturated heterocycles. The van der Waals surface area contributed by atoms with Gasteiger partial charge in [-0.3, -0.25) is 9.20 Å². The van der Waals surface area contributed by atoms with Crippen molar-refractivity contribution in [3.8, 4) is 0 Å². The van der Waals surface area contributed by atoms with E-state index in [1.165, 1.54) is 24.9 Å². The quantitative estimate of drug-likeness (QED) is 0.691. The fourth-order valence-electron chi connectivity index (χ4n) is 3.48. The molecule has 1 fully saturated rings. The predicted molar refractivity (Wildman–Crippen MR) is 106 cm³/mol. The molecule has 0 atom stereocenters. The summed E-state index contributed by atoms with van der Waals surface area (Å²) in [4.78, 5) is 22.2. The number of aromatic nitrogens is 2. The summed E-state index contributed by atoms with van der Waals surface area (Å²) in [6, 6.07) is 8.64. The molecular formula is C20H24N4OS. The number of benzene rings is 1. The standard InChI is InChI=1S/C20H24N4OS/c1-22(19(25)13-17-15-24-11-12-26-20(24)21-17)14-16-5-7-18(8-6-16)23-9-3-2-4-10-23/h5-8,11-12,15H,2-4,9-10,13-14H2,1H3. The molecule has 6 heteroatoms. The molecule has 0 saturated carbocycles. The Morgan fingerprint density at radius 2 is 1.96 bits per heavy atom. The molecule has 0 unspecified atom stereocenters. The maximum atomic E-state index is 12.5. The van der Waals surface area contributed by atoms with Gasteiger partial charge in [-0.25, -0.2) is 4.98 Å². The van der Waals surface area contributed by atoms with Gasteiger partial charge in [0.2, 0.25) is 5.91 Å². The first kappa shape index (κ1) is 17.1. The van der Waals surface area contributed by atoms with E-state index in [0.29, 0.717) is 13.0 Å². The maximum Gasteiger partial charge on any atom is 0.228 e. The lowest BCUT2D eigenvalue weighted by atomic mass is 10.1. The smallest absolute Gasteiger partial charge is 0.228 e. The Labute approximate surface area is 157 Å². The van der Waals surface area contributed by atoms with Crippen molar-refractivity contribution in [2.45, 2.75) is 32.2 Å². The van der Waals surface area contributed by atoms with Crippen molar-refractivity contribution >= 4 is 27.9 Å². The van der Waals surface area contributed by atoms with Crippen molar-refractivity contribution in [3.63, 3.8) is 0 Å². The second-order valence-corrected chi connectivity index (χ2v) is 7.84. The van der Waals surface area contributed by atoms with E-state index in [2.05, 4.69) is 34.1 Å². The van der Waals surface area contributed by atoms with Gasteiger partial charge in [0.05, 0.1) is 12.1 Å². The van der Waals surface area contributed by atoms with Crippen LogP contribution >= 0.6 is 11.3 Å². The van der Waals surface area contributed by atoms with Crippen LogP contribution in [-0.2, 0) is 17.8 Å². The minimum Gasteiger partial charge on any atom is -0.372 e. The zero-order valence-corrected chi connectivity index (χ0v) is 15.9. The van der Waals surface area contributed by atoms with Gasteiger partial charge < -0.3 is 9.80 Å². The highest BCUT2D eigenvalue weighted by atomic mass is 32.1. The molecule has 1 aliphatic rings. The number of thiazole rings is 1. The molecule has 0 spiro atoms. The highest BCUT2D eigenvalue weighted by Gasteiger charge is 2.14. The summed E-state index contributed by atoms with van der Waals surface area (Å²) < 4.78 is 1.96. The second kappa shape index (κ2) is 7.50. The molecule has 136 valence electrons. The van der Waals surface area contributed by atoms with Crippen LogP contribution in [-0.4, -0.2) is 40.3 Å². The summed E-state index contributed by atoms with van der Waals surface area (Å²) in [5.41, 5.74) is 3.28. The summed E-state index contributed by atoms with van der Waals surface area (Å²) in [5, 5.41) is 1.99. The van der Waals surface area contributed by atoms with Crippen molar-refractivity contribution in [2.75, 3.05) is 25.0 Å². The first-order valence-electron chi connectivity index (χ1n) is 9.18.